The van der Waals surface area contributed by atoms with Gasteiger partial charge in [0.1, 0.15) is 25.4 Å². The van der Waals surface area contributed by atoms with Crippen molar-refractivity contribution in [2.75, 3.05) is 20.7 Å². The molecular formula is C36H35BrN4O3. The average molecular weight is 652 g/mol. The Kier molecular flexibility index (Phi) is 10.0. The normalized spacial score (nSPS) is 15.7. The van der Waals surface area contributed by atoms with Crippen molar-refractivity contribution < 1.29 is 35.7 Å². The fraction of sp³-hybridized carbons (Fsp3) is 0.194. The summed E-state index contributed by atoms with van der Waals surface area (Å²) in [4.78, 5) is 4.59. The fourth-order valence-electron chi connectivity index (χ4n) is 5.36. The molecule has 1 unspecified atom stereocenters. The molecule has 8 heteroatoms. The number of hydrogen-bond acceptors (Lipinski definition) is 6. The van der Waals surface area contributed by atoms with Gasteiger partial charge in [0.05, 0.1) is 32.1 Å². The standard InChI is InChI=1S/C36H35N4O3.BrH/c1-40(20-19-29-21-34(41-2)35(22-30(29)25-40)42-26-27-9-5-3-6-10-27)24-28-13-18-36(37-23-28)43-33-16-14-32(15-17-33)39-38-31-11-7-4-8-12-31;/h3-18,21-23H,19-20,24-26H2,1-2H3;1H/q+1;/p-1. The molecule has 0 aliphatic carbocycles. The zero-order chi connectivity index (χ0) is 29.5. The Morgan fingerprint density at radius 2 is 1.43 bits per heavy atom. The van der Waals surface area contributed by atoms with E-state index in [2.05, 4.69) is 52.6 Å². The highest BCUT2D eigenvalue weighted by molar-refractivity contribution is 5.48. The number of halogens is 1. The second kappa shape index (κ2) is 14.3. The first-order valence-corrected chi connectivity index (χ1v) is 14.4. The number of pyridine rings is 1. The maximum Gasteiger partial charge on any atom is 0.219 e. The number of hydrogen-bond donors (Lipinski definition) is 0. The van der Waals surface area contributed by atoms with Gasteiger partial charge in [0.2, 0.25) is 5.88 Å². The molecule has 4 aromatic carbocycles. The third kappa shape index (κ3) is 7.89. The highest BCUT2D eigenvalue weighted by Gasteiger charge is 2.30. The van der Waals surface area contributed by atoms with Crippen molar-refractivity contribution in [1.82, 2.24) is 4.98 Å². The lowest BCUT2D eigenvalue weighted by Crippen LogP contribution is -3.00. The number of benzene rings is 4. The Bertz CT molecular complexity index is 1680. The molecule has 0 fully saturated rings. The number of azo groups is 1. The predicted molar refractivity (Wildman–Crippen MR) is 167 cm³/mol. The summed E-state index contributed by atoms with van der Waals surface area (Å²) in [5.74, 6) is 2.83. The van der Waals surface area contributed by atoms with Crippen LogP contribution in [-0.2, 0) is 26.1 Å². The van der Waals surface area contributed by atoms with E-state index in [0.717, 1.165) is 59.0 Å². The molecule has 1 aliphatic rings. The van der Waals surface area contributed by atoms with E-state index >= 15 is 0 Å². The van der Waals surface area contributed by atoms with Crippen molar-refractivity contribution in [3.8, 4) is 23.1 Å². The van der Waals surface area contributed by atoms with Crippen LogP contribution < -0.4 is 31.2 Å². The number of aromatic nitrogens is 1. The molecule has 2 heterocycles. The summed E-state index contributed by atoms with van der Waals surface area (Å²) in [6.07, 6.45) is 2.90. The molecule has 0 spiro atoms. The van der Waals surface area contributed by atoms with Crippen LogP contribution in [0.5, 0.6) is 23.1 Å². The van der Waals surface area contributed by atoms with Crippen LogP contribution in [0, 0.1) is 0 Å². The van der Waals surface area contributed by atoms with Crippen molar-refractivity contribution >= 4 is 11.4 Å². The third-order valence-corrected chi connectivity index (χ3v) is 7.65. The minimum Gasteiger partial charge on any atom is -1.00 e. The molecular weight excluding hydrogens is 616 g/mol. The maximum absolute atomic E-state index is 6.20. The van der Waals surface area contributed by atoms with Crippen LogP contribution in [0.25, 0.3) is 0 Å². The van der Waals surface area contributed by atoms with Gasteiger partial charge in [0.15, 0.2) is 11.5 Å². The van der Waals surface area contributed by atoms with Gasteiger partial charge >= 0.3 is 0 Å². The van der Waals surface area contributed by atoms with Crippen molar-refractivity contribution in [2.45, 2.75) is 26.1 Å². The molecule has 0 saturated carbocycles. The molecule has 1 atom stereocenters. The van der Waals surface area contributed by atoms with Gasteiger partial charge in [-0.25, -0.2) is 4.98 Å². The second-order valence-corrected chi connectivity index (χ2v) is 11.1. The van der Waals surface area contributed by atoms with E-state index in [1.165, 1.54) is 16.7 Å². The van der Waals surface area contributed by atoms with Crippen LogP contribution in [0.1, 0.15) is 22.3 Å². The minimum atomic E-state index is 0. The first-order chi connectivity index (χ1) is 21.0. The lowest BCUT2D eigenvalue weighted by atomic mass is 9.96. The van der Waals surface area contributed by atoms with E-state index in [1.807, 2.05) is 85.1 Å². The number of methoxy groups -OCH3 is 1. The van der Waals surface area contributed by atoms with Gasteiger partial charge in [-0.1, -0.05) is 48.5 Å². The zero-order valence-corrected chi connectivity index (χ0v) is 26.5. The van der Waals surface area contributed by atoms with Gasteiger partial charge < -0.3 is 35.7 Å². The van der Waals surface area contributed by atoms with E-state index in [9.17, 15) is 0 Å². The zero-order valence-electron chi connectivity index (χ0n) is 24.9. The van der Waals surface area contributed by atoms with Crippen molar-refractivity contribution in [2.24, 2.45) is 10.2 Å². The van der Waals surface area contributed by atoms with Crippen LogP contribution in [0.15, 0.2) is 126 Å². The fourth-order valence-corrected chi connectivity index (χ4v) is 5.36. The highest BCUT2D eigenvalue weighted by Crippen LogP contribution is 2.36. The number of ether oxygens (including phenoxy) is 3. The summed E-state index contributed by atoms with van der Waals surface area (Å²) >= 11 is 0. The second-order valence-electron chi connectivity index (χ2n) is 11.1. The summed E-state index contributed by atoms with van der Waals surface area (Å²) in [6, 6.07) is 35.7. The van der Waals surface area contributed by atoms with Crippen LogP contribution in [0.4, 0.5) is 11.4 Å². The van der Waals surface area contributed by atoms with E-state index in [-0.39, 0.29) is 17.0 Å². The molecule has 0 amide bonds. The summed E-state index contributed by atoms with van der Waals surface area (Å²) in [5, 5.41) is 8.54. The number of rotatable bonds is 10. The summed E-state index contributed by atoms with van der Waals surface area (Å²) in [5.41, 5.74) is 6.50. The van der Waals surface area contributed by atoms with Crippen LogP contribution in [0.3, 0.4) is 0 Å². The van der Waals surface area contributed by atoms with Gasteiger partial charge in [-0.15, -0.1) is 0 Å². The van der Waals surface area contributed by atoms with E-state index in [4.69, 9.17) is 14.2 Å². The molecule has 44 heavy (non-hydrogen) atoms. The van der Waals surface area contributed by atoms with Gasteiger partial charge in [-0.2, -0.15) is 10.2 Å². The quantitative estimate of drug-likeness (QED) is 0.146. The van der Waals surface area contributed by atoms with Gasteiger partial charge in [-0.05, 0) is 65.7 Å². The minimum absolute atomic E-state index is 0. The van der Waals surface area contributed by atoms with Crippen molar-refractivity contribution in [3.63, 3.8) is 0 Å². The Morgan fingerprint density at radius 3 is 2.11 bits per heavy atom. The van der Waals surface area contributed by atoms with Crippen molar-refractivity contribution in [3.05, 3.63) is 138 Å². The van der Waals surface area contributed by atoms with Gasteiger partial charge in [-0.3, -0.25) is 0 Å². The molecule has 0 radical (unpaired) electrons. The van der Waals surface area contributed by atoms with Gasteiger partial charge in [0, 0.05) is 29.8 Å². The molecule has 224 valence electrons. The third-order valence-electron chi connectivity index (χ3n) is 7.65. The van der Waals surface area contributed by atoms with E-state index in [1.54, 1.807) is 7.11 Å². The lowest BCUT2D eigenvalue weighted by molar-refractivity contribution is -0.937. The Morgan fingerprint density at radius 1 is 0.750 bits per heavy atom. The number of fused-ring (bicyclic) bond motifs is 1. The smallest absolute Gasteiger partial charge is 0.219 e. The van der Waals surface area contributed by atoms with E-state index in [0.29, 0.717) is 18.2 Å². The van der Waals surface area contributed by atoms with Gasteiger partial charge in [0.25, 0.3) is 0 Å². The number of nitrogens with zero attached hydrogens (tertiary/aromatic N) is 4. The summed E-state index contributed by atoms with van der Waals surface area (Å²) in [7, 11) is 4.01. The average Bonchev–Trinajstić information content (AvgIpc) is 3.05. The molecule has 0 N–H and O–H groups in total. The predicted octanol–water partition coefficient (Wildman–Crippen LogP) is 5.58. The van der Waals surface area contributed by atoms with E-state index < -0.39 is 0 Å². The SMILES string of the molecule is COc1cc2c(cc1OCc1ccccc1)C[N+](C)(Cc1ccc(Oc3ccc(N=Nc4ccccc4)cc3)nc1)CC2.[Br-]. The molecule has 5 aromatic rings. The Labute approximate surface area is 269 Å². The topological polar surface area (TPSA) is 65.3 Å². The molecule has 1 aliphatic heterocycles. The highest BCUT2D eigenvalue weighted by atomic mass is 79.9. The molecule has 0 saturated heterocycles. The lowest BCUT2D eigenvalue weighted by Gasteiger charge is -2.39. The Hall–Kier alpha value is -4.53. The molecule has 1 aromatic heterocycles. The van der Waals surface area contributed by atoms with Crippen LogP contribution >= 0.6 is 0 Å². The van der Waals surface area contributed by atoms with Crippen LogP contribution in [-0.4, -0.2) is 30.2 Å². The maximum atomic E-state index is 6.20. The van der Waals surface area contributed by atoms with Crippen molar-refractivity contribution in [1.29, 1.82) is 0 Å². The number of likely N-dealkylation sites (N-methyl/N-ethyl adjacent to an activating group) is 1. The Balaban J connectivity index is 0.00000384. The summed E-state index contributed by atoms with van der Waals surface area (Å²) in [6.45, 7) is 3.33. The largest absolute Gasteiger partial charge is 1.00 e. The monoisotopic (exact) mass is 650 g/mol. The van der Waals surface area contributed by atoms with Crippen LogP contribution in [0.2, 0.25) is 0 Å². The number of quaternary nitrogens is 1. The molecule has 6 rings (SSSR count). The summed E-state index contributed by atoms with van der Waals surface area (Å²) < 4.78 is 18.8. The first kappa shape index (κ1) is 30.9. The molecule has 7 nitrogen and oxygen atoms in total. The molecule has 0 bridgehead atoms. The first-order valence-electron chi connectivity index (χ1n) is 14.4.